The zero-order valence-electron chi connectivity index (χ0n) is 36.6. The van der Waals surface area contributed by atoms with Crippen molar-refractivity contribution in [3.63, 3.8) is 0 Å². The topological polar surface area (TPSA) is 111 Å². The molecule has 56 heavy (non-hydrogen) atoms. The Hall–Kier alpha value is -2.03. The van der Waals surface area contributed by atoms with E-state index in [0.29, 0.717) is 23.9 Å². The molecule has 0 saturated carbocycles. The highest BCUT2D eigenvalue weighted by Crippen LogP contribution is 2.38. The van der Waals surface area contributed by atoms with Crippen LogP contribution in [0.2, 0.25) is 0 Å². The summed E-state index contributed by atoms with van der Waals surface area (Å²) in [5, 5.41) is 0. The molecule has 0 N–H and O–H groups in total. The molecule has 10 heteroatoms. The molecule has 9 nitrogen and oxygen atoms in total. The van der Waals surface area contributed by atoms with Gasteiger partial charge in [0.25, 0.3) is 7.82 Å². The normalized spacial score (nSPS) is 14.0. The second-order valence-corrected chi connectivity index (χ2v) is 17.5. The van der Waals surface area contributed by atoms with Crippen molar-refractivity contribution >= 4 is 19.8 Å². The Morgan fingerprint density at radius 3 is 1.52 bits per heavy atom. The van der Waals surface area contributed by atoms with Crippen molar-refractivity contribution in [1.82, 2.24) is 0 Å². The standard InChI is InChI=1S/C46H84NO8P/c1-6-8-10-12-14-16-18-20-22-23-25-26-28-30-32-34-36-38-45(48)52-42-44(43-54-56(50,51)53-41-40-47(3,4)5)55-46(49)39-37-35-33-31-29-27-24-21-19-17-15-13-11-9-7-2/h17,19-20,22,25-26,30,32,44H,6-16,18,21,23-24,27-29,31,33-43H2,1-5H3/b19-17+,22-20+,26-25+,32-30+/t44-/m1/s1. The predicted octanol–water partition coefficient (Wildman–Crippen LogP) is 12.1. The van der Waals surface area contributed by atoms with E-state index in [-0.39, 0.29) is 26.1 Å². The molecule has 1 unspecified atom stereocenters. The summed E-state index contributed by atoms with van der Waals surface area (Å²) in [6.45, 7) is 4.14. The number of esters is 2. The molecule has 2 atom stereocenters. The number of hydrogen-bond acceptors (Lipinski definition) is 8. The van der Waals surface area contributed by atoms with Crippen molar-refractivity contribution < 1.29 is 42.1 Å². The molecule has 0 spiro atoms. The lowest BCUT2D eigenvalue weighted by Crippen LogP contribution is -2.37. The fraction of sp³-hybridized carbons (Fsp3) is 0.783. The van der Waals surface area contributed by atoms with Crippen LogP contribution in [0.3, 0.4) is 0 Å². The number of phosphoric acid groups is 1. The Bertz CT molecular complexity index is 1100. The number of nitrogens with zero attached hydrogens (tertiary/aromatic N) is 1. The lowest BCUT2D eigenvalue weighted by atomic mass is 10.1. The first-order chi connectivity index (χ1) is 27.0. The van der Waals surface area contributed by atoms with Crippen molar-refractivity contribution in [2.45, 2.75) is 187 Å². The molecule has 0 saturated heterocycles. The summed E-state index contributed by atoms with van der Waals surface area (Å²) in [7, 11) is 1.13. The summed E-state index contributed by atoms with van der Waals surface area (Å²) < 4.78 is 33.8. The van der Waals surface area contributed by atoms with Crippen LogP contribution < -0.4 is 4.89 Å². The van der Waals surface area contributed by atoms with Gasteiger partial charge in [-0.2, -0.15) is 0 Å². The predicted molar refractivity (Wildman–Crippen MR) is 231 cm³/mol. The smallest absolute Gasteiger partial charge is 0.306 e. The molecule has 0 aliphatic carbocycles. The molecular weight excluding hydrogens is 725 g/mol. The van der Waals surface area contributed by atoms with Gasteiger partial charge in [-0.05, 0) is 70.6 Å². The summed E-state index contributed by atoms with van der Waals surface area (Å²) in [5.74, 6) is -0.902. The highest BCUT2D eigenvalue weighted by Gasteiger charge is 2.21. The minimum Gasteiger partial charge on any atom is -0.756 e. The number of carbonyl (C=O) groups excluding carboxylic acids is 2. The third kappa shape index (κ3) is 41.6. The maximum Gasteiger partial charge on any atom is 0.306 e. The van der Waals surface area contributed by atoms with Gasteiger partial charge in [0.05, 0.1) is 27.7 Å². The third-order valence-corrected chi connectivity index (χ3v) is 10.3. The molecular formula is C46H84NO8P. The Morgan fingerprint density at radius 1 is 0.554 bits per heavy atom. The first kappa shape index (κ1) is 54.0. The molecule has 0 heterocycles. The molecule has 0 aromatic heterocycles. The molecule has 0 aliphatic heterocycles. The van der Waals surface area contributed by atoms with Crippen molar-refractivity contribution in [3.8, 4) is 0 Å². The van der Waals surface area contributed by atoms with E-state index < -0.39 is 32.5 Å². The molecule has 0 amide bonds. The summed E-state index contributed by atoms with van der Waals surface area (Å²) >= 11 is 0. The third-order valence-electron chi connectivity index (χ3n) is 9.32. The van der Waals surface area contributed by atoms with Gasteiger partial charge >= 0.3 is 11.9 Å². The minimum absolute atomic E-state index is 0.0403. The Balaban J connectivity index is 4.44. The van der Waals surface area contributed by atoms with E-state index in [2.05, 4.69) is 62.5 Å². The quantitative estimate of drug-likeness (QED) is 0.0198. The van der Waals surface area contributed by atoms with E-state index in [1.54, 1.807) is 0 Å². The molecule has 0 fully saturated rings. The van der Waals surface area contributed by atoms with Gasteiger partial charge in [-0.3, -0.25) is 14.2 Å². The average molecular weight is 810 g/mol. The second-order valence-electron chi connectivity index (χ2n) is 16.1. The fourth-order valence-corrected chi connectivity index (χ4v) is 6.51. The number of hydrogen-bond donors (Lipinski definition) is 0. The van der Waals surface area contributed by atoms with E-state index in [1.807, 2.05) is 21.1 Å². The highest BCUT2D eigenvalue weighted by molar-refractivity contribution is 7.45. The van der Waals surface area contributed by atoms with Crippen LogP contribution in [0.5, 0.6) is 0 Å². The lowest BCUT2D eigenvalue weighted by molar-refractivity contribution is -0.870. The number of allylic oxidation sites excluding steroid dienone is 8. The fourth-order valence-electron chi connectivity index (χ4n) is 5.78. The average Bonchev–Trinajstić information content (AvgIpc) is 3.15. The summed E-state index contributed by atoms with van der Waals surface area (Å²) in [6.07, 6.45) is 44.3. The van der Waals surface area contributed by atoms with Crippen LogP contribution in [0, 0.1) is 0 Å². The summed E-state index contributed by atoms with van der Waals surface area (Å²) in [6, 6.07) is 0. The number of likely N-dealkylation sites (N-methyl/N-ethyl adjacent to an activating group) is 1. The number of phosphoric ester groups is 1. The van der Waals surface area contributed by atoms with Crippen LogP contribution in [0.1, 0.15) is 181 Å². The Kier molecular flexibility index (Phi) is 37.1. The van der Waals surface area contributed by atoms with Crippen LogP contribution in [-0.4, -0.2) is 70.0 Å². The van der Waals surface area contributed by atoms with Gasteiger partial charge in [0.15, 0.2) is 6.10 Å². The van der Waals surface area contributed by atoms with Crippen LogP contribution in [0.15, 0.2) is 48.6 Å². The number of rotatable bonds is 40. The Morgan fingerprint density at radius 2 is 0.982 bits per heavy atom. The van der Waals surface area contributed by atoms with Crippen molar-refractivity contribution in [1.29, 1.82) is 0 Å². The van der Waals surface area contributed by atoms with Gasteiger partial charge in [-0.25, -0.2) is 0 Å². The summed E-state index contributed by atoms with van der Waals surface area (Å²) in [5.41, 5.74) is 0. The van der Waals surface area contributed by atoms with Gasteiger partial charge in [0.1, 0.15) is 19.8 Å². The largest absolute Gasteiger partial charge is 0.756 e. The van der Waals surface area contributed by atoms with Crippen LogP contribution in [-0.2, 0) is 32.7 Å². The SMILES string of the molecule is CCCCCC/C=C/CCCCCCCCCC(=O)O[C@H](COC(=O)CCC/C=C/C/C=C/C/C=C/CCCCCCCC)COP(=O)([O-])OCC[N+](C)(C)C. The highest BCUT2D eigenvalue weighted by atomic mass is 31.2. The molecule has 0 aliphatic rings. The van der Waals surface area contributed by atoms with E-state index in [0.717, 1.165) is 51.4 Å². The number of carbonyl (C=O) groups is 2. The van der Waals surface area contributed by atoms with Gasteiger partial charge in [0, 0.05) is 12.8 Å². The second kappa shape index (κ2) is 38.5. The van der Waals surface area contributed by atoms with Crippen LogP contribution in [0.25, 0.3) is 0 Å². The maximum absolute atomic E-state index is 12.7. The van der Waals surface area contributed by atoms with Crippen molar-refractivity contribution in [3.05, 3.63) is 48.6 Å². The zero-order valence-corrected chi connectivity index (χ0v) is 37.5. The van der Waals surface area contributed by atoms with Crippen molar-refractivity contribution in [2.75, 3.05) is 47.5 Å². The van der Waals surface area contributed by atoms with Gasteiger partial charge in [-0.1, -0.05) is 146 Å². The van der Waals surface area contributed by atoms with Crippen LogP contribution >= 0.6 is 7.82 Å². The van der Waals surface area contributed by atoms with Gasteiger partial charge in [0.2, 0.25) is 0 Å². The van der Waals surface area contributed by atoms with E-state index in [9.17, 15) is 19.0 Å². The molecule has 326 valence electrons. The van der Waals surface area contributed by atoms with Crippen LogP contribution in [0.4, 0.5) is 0 Å². The molecule has 0 radical (unpaired) electrons. The molecule has 0 bridgehead atoms. The molecule has 0 rings (SSSR count). The monoisotopic (exact) mass is 810 g/mol. The number of ether oxygens (including phenoxy) is 2. The number of quaternary nitrogens is 1. The van der Waals surface area contributed by atoms with Crippen molar-refractivity contribution in [2.24, 2.45) is 0 Å². The first-order valence-corrected chi connectivity index (χ1v) is 23.8. The minimum atomic E-state index is -4.64. The van der Waals surface area contributed by atoms with E-state index >= 15 is 0 Å². The van der Waals surface area contributed by atoms with Gasteiger partial charge < -0.3 is 27.9 Å². The zero-order chi connectivity index (χ0) is 41.4. The molecule has 0 aromatic carbocycles. The number of unbranched alkanes of at least 4 members (excludes halogenated alkanes) is 18. The lowest BCUT2D eigenvalue weighted by Gasteiger charge is -2.28. The van der Waals surface area contributed by atoms with Gasteiger partial charge in [-0.15, -0.1) is 0 Å². The van der Waals surface area contributed by atoms with E-state index in [1.165, 1.54) is 89.9 Å². The molecule has 0 aromatic rings. The Labute approximate surface area is 343 Å². The first-order valence-electron chi connectivity index (χ1n) is 22.3. The van der Waals surface area contributed by atoms with E-state index in [4.69, 9.17) is 18.5 Å². The summed E-state index contributed by atoms with van der Waals surface area (Å²) in [4.78, 5) is 37.5. The maximum atomic E-state index is 12.7.